The lowest BCUT2D eigenvalue weighted by Gasteiger charge is -2.33. The lowest BCUT2D eigenvalue weighted by atomic mass is 10.1. The van der Waals surface area contributed by atoms with Gasteiger partial charge in [-0.2, -0.15) is 0 Å². The van der Waals surface area contributed by atoms with Gasteiger partial charge in [0, 0.05) is 43.8 Å². The van der Waals surface area contributed by atoms with Crippen molar-refractivity contribution in [3.8, 4) is 0 Å². The van der Waals surface area contributed by atoms with Crippen LogP contribution in [-0.4, -0.2) is 66.1 Å². The van der Waals surface area contributed by atoms with Crippen LogP contribution in [0.4, 0.5) is 0 Å². The summed E-state index contributed by atoms with van der Waals surface area (Å²) in [5.41, 5.74) is 0.706. The SMILES string of the molecule is CCN1CCN(CCCNC(=O)Cn2c(C)cc3ccccc3c2=O)CC1. The van der Waals surface area contributed by atoms with Crippen LogP contribution in [0.15, 0.2) is 35.1 Å². The summed E-state index contributed by atoms with van der Waals surface area (Å²) in [5, 5.41) is 4.53. The summed E-state index contributed by atoms with van der Waals surface area (Å²) in [6.07, 6.45) is 0.934. The maximum atomic E-state index is 12.6. The maximum absolute atomic E-state index is 12.6. The molecule has 27 heavy (non-hydrogen) atoms. The molecule has 1 aromatic heterocycles. The maximum Gasteiger partial charge on any atom is 0.259 e. The molecule has 6 nitrogen and oxygen atoms in total. The van der Waals surface area contributed by atoms with Crippen molar-refractivity contribution in [3.63, 3.8) is 0 Å². The van der Waals surface area contributed by atoms with Crippen molar-refractivity contribution in [1.29, 1.82) is 0 Å². The number of carbonyl (C=O) groups is 1. The first kappa shape index (κ1) is 19.6. The number of nitrogens with one attached hydrogen (secondary N) is 1. The fraction of sp³-hybridized carbons (Fsp3) is 0.524. The quantitative estimate of drug-likeness (QED) is 0.750. The minimum Gasteiger partial charge on any atom is -0.355 e. The van der Waals surface area contributed by atoms with Crippen molar-refractivity contribution >= 4 is 16.7 Å². The lowest BCUT2D eigenvalue weighted by Crippen LogP contribution is -2.46. The van der Waals surface area contributed by atoms with Gasteiger partial charge in [-0.3, -0.25) is 9.59 Å². The van der Waals surface area contributed by atoms with Crippen molar-refractivity contribution in [2.24, 2.45) is 0 Å². The van der Waals surface area contributed by atoms with Crippen molar-refractivity contribution in [2.45, 2.75) is 26.8 Å². The number of hydrogen-bond acceptors (Lipinski definition) is 4. The van der Waals surface area contributed by atoms with E-state index in [0.717, 1.165) is 56.8 Å². The van der Waals surface area contributed by atoms with Crippen LogP contribution in [-0.2, 0) is 11.3 Å². The highest BCUT2D eigenvalue weighted by atomic mass is 16.2. The molecule has 1 N–H and O–H groups in total. The molecule has 1 amide bonds. The van der Waals surface area contributed by atoms with Crippen LogP contribution >= 0.6 is 0 Å². The molecule has 0 radical (unpaired) electrons. The van der Waals surface area contributed by atoms with E-state index in [4.69, 9.17) is 0 Å². The van der Waals surface area contributed by atoms with E-state index in [1.165, 1.54) is 0 Å². The fourth-order valence-electron chi connectivity index (χ4n) is 3.68. The third kappa shape index (κ3) is 4.96. The van der Waals surface area contributed by atoms with E-state index in [1.807, 2.05) is 37.3 Å². The zero-order valence-electron chi connectivity index (χ0n) is 16.4. The second kappa shape index (κ2) is 9.15. The minimum atomic E-state index is -0.105. The van der Waals surface area contributed by atoms with Crippen LogP contribution in [0.3, 0.4) is 0 Å². The Bertz CT molecular complexity index is 838. The van der Waals surface area contributed by atoms with Gasteiger partial charge < -0.3 is 19.7 Å². The monoisotopic (exact) mass is 370 g/mol. The first-order valence-corrected chi connectivity index (χ1v) is 9.89. The molecule has 1 aromatic carbocycles. The van der Waals surface area contributed by atoms with E-state index in [-0.39, 0.29) is 18.0 Å². The third-order valence-electron chi connectivity index (χ3n) is 5.41. The van der Waals surface area contributed by atoms with E-state index in [9.17, 15) is 9.59 Å². The zero-order chi connectivity index (χ0) is 19.2. The molecule has 0 saturated carbocycles. The van der Waals surface area contributed by atoms with Gasteiger partial charge in [0.15, 0.2) is 0 Å². The van der Waals surface area contributed by atoms with Gasteiger partial charge in [-0.25, -0.2) is 0 Å². The summed E-state index contributed by atoms with van der Waals surface area (Å²) in [6.45, 7) is 11.4. The lowest BCUT2D eigenvalue weighted by molar-refractivity contribution is -0.121. The number of fused-ring (bicyclic) bond motifs is 1. The first-order valence-electron chi connectivity index (χ1n) is 9.89. The Hall–Kier alpha value is -2.18. The van der Waals surface area contributed by atoms with Crippen LogP contribution in [0.5, 0.6) is 0 Å². The molecule has 6 heteroatoms. The number of amides is 1. The first-order chi connectivity index (χ1) is 13.1. The van der Waals surface area contributed by atoms with Crippen molar-refractivity contribution in [1.82, 2.24) is 19.7 Å². The second-order valence-corrected chi connectivity index (χ2v) is 7.24. The number of hydrogen-bond donors (Lipinski definition) is 1. The molecule has 0 unspecified atom stereocenters. The molecule has 0 spiro atoms. The molecule has 2 heterocycles. The smallest absolute Gasteiger partial charge is 0.259 e. The number of aryl methyl sites for hydroxylation is 1. The van der Waals surface area contributed by atoms with Crippen molar-refractivity contribution < 1.29 is 4.79 Å². The molecule has 2 aromatic rings. The van der Waals surface area contributed by atoms with Crippen LogP contribution < -0.4 is 10.9 Å². The van der Waals surface area contributed by atoms with Crippen LogP contribution in [0.1, 0.15) is 19.0 Å². The van der Waals surface area contributed by atoms with Crippen molar-refractivity contribution in [2.75, 3.05) is 45.8 Å². The number of likely N-dealkylation sites (N-methyl/N-ethyl adjacent to an activating group) is 1. The van der Waals surface area contributed by atoms with Gasteiger partial charge in [0.1, 0.15) is 6.54 Å². The van der Waals surface area contributed by atoms with E-state index in [1.54, 1.807) is 4.57 Å². The predicted molar refractivity (Wildman–Crippen MR) is 109 cm³/mol. The van der Waals surface area contributed by atoms with Gasteiger partial charge in [0.2, 0.25) is 5.91 Å². The molecule has 0 aliphatic carbocycles. The molecular formula is C21H30N4O2. The number of benzene rings is 1. The van der Waals surface area contributed by atoms with Crippen LogP contribution in [0, 0.1) is 6.92 Å². The standard InChI is InChI=1S/C21H30N4O2/c1-3-23-11-13-24(14-12-23)10-6-9-22-20(26)16-25-17(2)15-18-7-4-5-8-19(18)21(25)27/h4-5,7-8,15H,3,6,9-14,16H2,1-2H3,(H,22,26). The fourth-order valence-corrected chi connectivity index (χ4v) is 3.68. The van der Waals surface area contributed by atoms with Crippen molar-refractivity contribution in [3.05, 3.63) is 46.4 Å². The summed E-state index contributed by atoms with van der Waals surface area (Å²) in [5.74, 6) is -0.105. The molecule has 1 saturated heterocycles. The largest absolute Gasteiger partial charge is 0.355 e. The molecule has 3 rings (SSSR count). The highest BCUT2D eigenvalue weighted by Crippen LogP contribution is 2.11. The molecule has 1 fully saturated rings. The average molecular weight is 370 g/mol. The number of pyridine rings is 1. The molecule has 0 atom stereocenters. The predicted octanol–water partition coefficient (Wildman–Crippen LogP) is 1.45. The van der Waals surface area contributed by atoms with E-state index < -0.39 is 0 Å². The number of nitrogens with zero attached hydrogens (tertiary/aromatic N) is 3. The molecule has 1 aliphatic heterocycles. The Morgan fingerprint density at radius 2 is 1.81 bits per heavy atom. The summed E-state index contributed by atoms with van der Waals surface area (Å²) in [7, 11) is 0. The Morgan fingerprint density at radius 3 is 2.56 bits per heavy atom. The Morgan fingerprint density at radius 1 is 1.11 bits per heavy atom. The Balaban J connectivity index is 1.47. The highest BCUT2D eigenvalue weighted by molar-refractivity contribution is 5.82. The summed E-state index contributed by atoms with van der Waals surface area (Å²) in [4.78, 5) is 29.9. The van der Waals surface area contributed by atoms with Gasteiger partial charge >= 0.3 is 0 Å². The minimum absolute atomic E-state index is 0.0741. The van der Waals surface area contributed by atoms with Gasteiger partial charge in [0.05, 0.1) is 0 Å². The molecule has 0 bridgehead atoms. The third-order valence-corrected chi connectivity index (χ3v) is 5.41. The molecule has 1 aliphatic rings. The second-order valence-electron chi connectivity index (χ2n) is 7.24. The van der Waals surface area contributed by atoms with Crippen LogP contribution in [0.2, 0.25) is 0 Å². The number of piperazine rings is 1. The highest BCUT2D eigenvalue weighted by Gasteiger charge is 2.15. The van der Waals surface area contributed by atoms with Crippen LogP contribution in [0.25, 0.3) is 10.8 Å². The molecule has 146 valence electrons. The average Bonchev–Trinajstić information content (AvgIpc) is 2.69. The number of rotatable bonds is 7. The van der Waals surface area contributed by atoms with E-state index in [0.29, 0.717) is 11.9 Å². The molecular weight excluding hydrogens is 340 g/mol. The van der Waals surface area contributed by atoms with Gasteiger partial charge in [-0.05, 0) is 44.0 Å². The number of carbonyl (C=O) groups excluding carboxylic acids is 1. The van der Waals surface area contributed by atoms with E-state index >= 15 is 0 Å². The Labute approximate surface area is 160 Å². The van der Waals surface area contributed by atoms with Gasteiger partial charge in [-0.1, -0.05) is 25.1 Å². The van der Waals surface area contributed by atoms with Gasteiger partial charge in [0.25, 0.3) is 5.56 Å². The summed E-state index contributed by atoms with van der Waals surface area (Å²) < 4.78 is 1.56. The topological polar surface area (TPSA) is 57.6 Å². The van der Waals surface area contributed by atoms with E-state index in [2.05, 4.69) is 22.0 Å². The summed E-state index contributed by atoms with van der Waals surface area (Å²) >= 11 is 0. The normalized spacial score (nSPS) is 15.9. The Kier molecular flexibility index (Phi) is 6.63. The van der Waals surface area contributed by atoms with Gasteiger partial charge in [-0.15, -0.1) is 0 Å². The number of aromatic nitrogens is 1. The summed E-state index contributed by atoms with van der Waals surface area (Å²) in [6, 6.07) is 9.46. The zero-order valence-corrected chi connectivity index (χ0v) is 16.4.